The van der Waals surface area contributed by atoms with Crippen LogP contribution in [0.3, 0.4) is 0 Å². The highest BCUT2D eigenvalue weighted by Gasteiger charge is 2.30. The third-order valence-electron chi connectivity index (χ3n) is 5.69. The molecule has 0 unspecified atom stereocenters. The first kappa shape index (κ1) is 24.0. The maximum absolute atomic E-state index is 12.7. The van der Waals surface area contributed by atoms with Crippen LogP contribution >= 0.6 is 11.6 Å². The zero-order valence-corrected chi connectivity index (χ0v) is 19.3. The summed E-state index contributed by atoms with van der Waals surface area (Å²) in [5.74, 6) is -0.0436. The Morgan fingerprint density at radius 1 is 1.09 bits per heavy atom. The summed E-state index contributed by atoms with van der Waals surface area (Å²) in [6, 6.07) is 10.4. The van der Waals surface area contributed by atoms with Crippen molar-refractivity contribution in [2.75, 3.05) is 49.5 Å². The summed E-state index contributed by atoms with van der Waals surface area (Å²) in [7, 11) is 0. The minimum Gasteiger partial charge on any atom is -0.381 e. The van der Waals surface area contributed by atoms with Gasteiger partial charge in [0.05, 0.1) is 17.4 Å². The highest BCUT2D eigenvalue weighted by atomic mass is 35.5. The molecule has 1 aliphatic heterocycles. The van der Waals surface area contributed by atoms with E-state index in [0.717, 1.165) is 49.5 Å². The fourth-order valence-electron chi connectivity index (χ4n) is 3.80. The second kappa shape index (κ2) is 10.0. The van der Waals surface area contributed by atoms with Crippen LogP contribution in [0.2, 0.25) is 5.02 Å². The third kappa shape index (κ3) is 5.51. The third-order valence-corrected chi connectivity index (χ3v) is 6.06. The number of halogens is 4. The molecule has 0 radical (unpaired) electrons. The monoisotopic (exact) mass is 492 g/mol. The standard InChI is InChI=1S/C23H24ClF3N6O/c1-16-3-2-4-18(13-16)32-11-9-31(10-12-32)8-7-28-19-15-30-33(22(34)21(19)24)20-6-5-17(14-29-20)23(25,26)27/h2-6,13-15,28H,7-12H2,1H3. The number of hydrogen-bond donors (Lipinski definition) is 1. The molecule has 11 heteroatoms. The van der Waals surface area contributed by atoms with Gasteiger partial charge in [-0.05, 0) is 36.8 Å². The predicted molar refractivity (Wildman–Crippen MR) is 126 cm³/mol. The number of anilines is 2. The molecule has 0 bridgehead atoms. The molecule has 34 heavy (non-hydrogen) atoms. The van der Waals surface area contributed by atoms with Crippen molar-refractivity contribution in [1.82, 2.24) is 19.7 Å². The molecule has 0 aliphatic carbocycles. The molecule has 1 fully saturated rings. The van der Waals surface area contributed by atoms with E-state index in [0.29, 0.717) is 18.4 Å². The van der Waals surface area contributed by atoms with Crippen molar-refractivity contribution in [3.63, 3.8) is 0 Å². The van der Waals surface area contributed by atoms with Gasteiger partial charge in [0.15, 0.2) is 5.82 Å². The second-order valence-corrected chi connectivity index (χ2v) is 8.46. The van der Waals surface area contributed by atoms with Gasteiger partial charge in [0.1, 0.15) is 5.02 Å². The zero-order valence-electron chi connectivity index (χ0n) is 18.5. The quantitative estimate of drug-likeness (QED) is 0.564. The summed E-state index contributed by atoms with van der Waals surface area (Å²) in [6.45, 7) is 7.12. The molecule has 1 saturated heterocycles. The average Bonchev–Trinajstić information content (AvgIpc) is 2.82. The Bertz CT molecular complexity index is 1190. The maximum atomic E-state index is 12.7. The maximum Gasteiger partial charge on any atom is 0.417 e. The molecular formula is C23H24ClF3N6O. The number of rotatable bonds is 6. The number of nitrogens with one attached hydrogen (secondary N) is 1. The number of aromatic nitrogens is 3. The fraction of sp³-hybridized carbons (Fsp3) is 0.348. The highest BCUT2D eigenvalue weighted by molar-refractivity contribution is 6.32. The summed E-state index contributed by atoms with van der Waals surface area (Å²) < 4.78 is 39.0. The molecule has 1 aliphatic rings. The van der Waals surface area contributed by atoms with E-state index in [-0.39, 0.29) is 10.8 Å². The summed E-state index contributed by atoms with van der Waals surface area (Å²) in [6.07, 6.45) is -2.48. The van der Waals surface area contributed by atoms with Crippen LogP contribution in [0.25, 0.3) is 5.82 Å². The fourth-order valence-corrected chi connectivity index (χ4v) is 4.00. The van der Waals surface area contributed by atoms with E-state index in [9.17, 15) is 18.0 Å². The van der Waals surface area contributed by atoms with E-state index in [1.807, 2.05) is 0 Å². The predicted octanol–water partition coefficient (Wildman–Crippen LogP) is 3.84. The number of alkyl halides is 3. The van der Waals surface area contributed by atoms with E-state index in [4.69, 9.17) is 11.6 Å². The van der Waals surface area contributed by atoms with Gasteiger partial charge >= 0.3 is 6.18 Å². The Hall–Kier alpha value is -3.11. The van der Waals surface area contributed by atoms with Crippen molar-refractivity contribution in [1.29, 1.82) is 0 Å². The first-order valence-electron chi connectivity index (χ1n) is 10.8. The van der Waals surface area contributed by atoms with Crippen LogP contribution in [0.15, 0.2) is 53.6 Å². The lowest BCUT2D eigenvalue weighted by atomic mass is 10.2. The largest absolute Gasteiger partial charge is 0.417 e. The van der Waals surface area contributed by atoms with Gasteiger partial charge < -0.3 is 10.2 Å². The average molecular weight is 493 g/mol. The highest BCUT2D eigenvalue weighted by Crippen LogP contribution is 2.28. The van der Waals surface area contributed by atoms with Gasteiger partial charge in [0, 0.05) is 51.2 Å². The van der Waals surface area contributed by atoms with Gasteiger partial charge in [-0.3, -0.25) is 9.69 Å². The molecule has 4 rings (SSSR count). The summed E-state index contributed by atoms with van der Waals surface area (Å²) in [4.78, 5) is 21.0. The number of aryl methyl sites for hydroxylation is 1. The molecule has 1 aromatic carbocycles. The van der Waals surface area contributed by atoms with Crippen molar-refractivity contribution in [2.24, 2.45) is 0 Å². The Kier molecular flexibility index (Phi) is 7.08. The summed E-state index contributed by atoms with van der Waals surface area (Å²) in [5, 5.41) is 7.04. The summed E-state index contributed by atoms with van der Waals surface area (Å²) in [5.41, 5.74) is 1.27. The zero-order chi connectivity index (χ0) is 24.3. The number of piperazine rings is 1. The van der Waals surface area contributed by atoms with Gasteiger partial charge in [-0.2, -0.15) is 23.0 Å². The van der Waals surface area contributed by atoms with E-state index < -0.39 is 17.3 Å². The molecular weight excluding hydrogens is 469 g/mol. The molecule has 0 spiro atoms. The number of pyridine rings is 1. The van der Waals surface area contributed by atoms with Crippen LogP contribution in [0.5, 0.6) is 0 Å². The van der Waals surface area contributed by atoms with Crippen LogP contribution in [0, 0.1) is 6.92 Å². The van der Waals surface area contributed by atoms with Gasteiger partial charge in [0.2, 0.25) is 0 Å². The van der Waals surface area contributed by atoms with Gasteiger partial charge in [-0.15, -0.1) is 0 Å². The van der Waals surface area contributed by atoms with E-state index in [1.54, 1.807) is 0 Å². The van der Waals surface area contributed by atoms with Crippen molar-refractivity contribution in [3.05, 3.63) is 75.3 Å². The Labute approximate surface area is 199 Å². The normalized spacial score (nSPS) is 14.9. The molecule has 0 atom stereocenters. The minimum atomic E-state index is -4.51. The molecule has 180 valence electrons. The second-order valence-electron chi connectivity index (χ2n) is 8.09. The minimum absolute atomic E-state index is 0.0436. The topological polar surface area (TPSA) is 66.3 Å². The van der Waals surface area contributed by atoms with E-state index >= 15 is 0 Å². The number of benzene rings is 1. The van der Waals surface area contributed by atoms with Gasteiger partial charge in [0.25, 0.3) is 5.56 Å². The molecule has 0 amide bonds. The van der Waals surface area contributed by atoms with Crippen LogP contribution in [0.1, 0.15) is 11.1 Å². The SMILES string of the molecule is Cc1cccc(N2CCN(CCNc3cnn(-c4ccc(C(F)(F)F)cn4)c(=O)c3Cl)CC2)c1. The van der Waals surface area contributed by atoms with Crippen molar-refractivity contribution < 1.29 is 13.2 Å². The molecule has 3 heterocycles. The van der Waals surface area contributed by atoms with Gasteiger partial charge in [-0.25, -0.2) is 4.98 Å². The molecule has 3 aromatic rings. The molecule has 7 nitrogen and oxygen atoms in total. The van der Waals surface area contributed by atoms with E-state index in [2.05, 4.69) is 56.4 Å². The van der Waals surface area contributed by atoms with Crippen molar-refractivity contribution in [2.45, 2.75) is 13.1 Å². The van der Waals surface area contributed by atoms with Crippen molar-refractivity contribution in [3.8, 4) is 5.82 Å². The Morgan fingerprint density at radius 2 is 1.85 bits per heavy atom. The van der Waals surface area contributed by atoms with Crippen LogP contribution in [0.4, 0.5) is 24.5 Å². The Balaban J connectivity index is 1.32. The lowest BCUT2D eigenvalue weighted by Crippen LogP contribution is -2.47. The lowest BCUT2D eigenvalue weighted by molar-refractivity contribution is -0.137. The number of nitrogens with zero attached hydrogens (tertiary/aromatic N) is 5. The number of hydrogen-bond acceptors (Lipinski definition) is 6. The van der Waals surface area contributed by atoms with E-state index in [1.165, 1.54) is 17.4 Å². The van der Waals surface area contributed by atoms with Crippen LogP contribution in [-0.2, 0) is 6.18 Å². The lowest BCUT2D eigenvalue weighted by Gasteiger charge is -2.36. The first-order valence-corrected chi connectivity index (χ1v) is 11.2. The Morgan fingerprint density at radius 3 is 2.50 bits per heavy atom. The van der Waals surface area contributed by atoms with Gasteiger partial charge in [-0.1, -0.05) is 23.7 Å². The molecule has 2 aromatic heterocycles. The smallest absolute Gasteiger partial charge is 0.381 e. The van der Waals surface area contributed by atoms with Crippen LogP contribution < -0.4 is 15.8 Å². The summed E-state index contributed by atoms with van der Waals surface area (Å²) >= 11 is 6.21. The first-order chi connectivity index (χ1) is 16.2. The van der Waals surface area contributed by atoms with Crippen LogP contribution in [-0.4, -0.2) is 58.9 Å². The van der Waals surface area contributed by atoms with Crippen molar-refractivity contribution >= 4 is 23.0 Å². The molecule has 1 N–H and O–H groups in total. The molecule has 0 saturated carbocycles.